The van der Waals surface area contributed by atoms with Gasteiger partial charge in [0.25, 0.3) is 0 Å². The largest absolute Gasteiger partial charge is 0.380 e. The van der Waals surface area contributed by atoms with E-state index >= 15 is 0 Å². The lowest BCUT2D eigenvalue weighted by Gasteiger charge is -2.08. The molecule has 0 saturated carbocycles. The van der Waals surface area contributed by atoms with Gasteiger partial charge in [0.1, 0.15) is 0 Å². The van der Waals surface area contributed by atoms with Crippen molar-refractivity contribution in [3.63, 3.8) is 0 Å². The Balaban J connectivity index is 4.43. The molecule has 0 saturated heterocycles. The Morgan fingerprint density at radius 3 is 2.50 bits per heavy atom. The van der Waals surface area contributed by atoms with E-state index in [4.69, 9.17) is 10.5 Å². The van der Waals surface area contributed by atoms with Gasteiger partial charge >= 0.3 is 0 Å². The fraction of sp³-hybridized carbons (Fsp3) is 0.818. The zero-order chi connectivity index (χ0) is 12.6. The maximum atomic E-state index is 11.6. The molecule has 96 valence electrons. The molecule has 0 atom stereocenters. The van der Waals surface area contributed by atoms with Gasteiger partial charge in [0.15, 0.2) is 9.84 Å². The Kier molecular flexibility index (Phi) is 7.62. The summed E-state index contributed by atoms with van der Waals surface area (Å²) in [5.74, 6) is 0.0912. The average Bonchev–Trinajstić information content (AvgIpc) is 2.22. The Bertz CT molecular complexity index is 307. The fourth-order valence-corrected chi connectivity index (χ4v) is 2.03. The predicted molar refractivity (Wildman–Crippen MR) is 67.2 cm³/mol. The highest BCUT2D eigenvalue weighted by Gasteiger charge is 2.14. The zero-order valence-corrected chi connectivity index (χ0v) is 11.2. The van der Waals surface area contributed by atoms with Gasteiger partial charge < -0.3 is 10.5 Å². The number of nitrogens with two attached hydrogens (primary N) is 1. The van der Waals surface area contributed by atoms with Gasteiger partial charge in [-0.2, -0.15) is 0 Å². The van der Waals surface area contributed by atoms with E-state index in [1.54, 1.807) is 27.0 Å². The molecule has 0 spiro atoms. The van der Waals surface area contributed by atoms with Crippen molar-refractivity contribution in [1.82, 2.24) is 0 Å². The van der Waals surface area contributed by atoms with Crippen LogP contribution in [-0.4, -0.2) is 39.7 Å². The summed E-state index contributed by atoms with van der Waals surface area (Å²) in [6, 6.07) is 0. The van der Waals surface area contributed by atoms with E-state index in [1.165, 1.54) is 0 Å². The first-order valence-electron chi connectivity index (χ1n) is 5.52. The third-order valence-corrected chi connectivity index (χ3v) is 4.42. The Hall–Kier alpha value is -0.390. The van der Waals surface area contributed by atoms with Gasteiger partial charge in [-0.15, -0.1) is 0 Å². The summed E-state index contributed by atoms with van der Waals surface area (Å²) < 4.78 is 28.2. The van der Waals surface area contributed by atoms with Crippen LogP contribution in [0, 0.1) is 0 Å². The van der Waals surface area contributed by atoms with E-state index in [9.17, 15) is 8.42 Å². The minimum Gasteiger partial charge on any atom is -0.380 e. The second-order valence-corrected chi connectivity index (χ2v) is 6.67. The van der Waals surface area contributed by atoms with Crippen LogP contribution in [0.5, 0.6) is 0 Å². The molecule has 0 rings (SSSR count). The third-order valence-electron chi connectivity index (χ3n) is 2.35. The van der Waals surface area contributed by atoms with E-state index < -0.39 is 9.84 Å². The molecule has 0 bridgehead atoms. The van der Waals surface area contributed by atoms with Gasteiger partial charge in [0.2, 0.25) is 0 Å². The van der Waals surface area contributed by atoms with Crippen molar-refractivity contribution in [1.29, 1.82) is 0 Å². The van der Waals surface area contributed by atoms with Crippen LogP contribution in [0.2, 0.25) is 0 Å². The molecule has 0 fully saturated rings. The summed E-state index contributed by atoms with van der Waals surface area (Å²) in [4.78, 5) is 0. The average molecular weight is 249 g/mol. The molecule has 0 radical (unpaired) electrons. The number of hydrogen-bond acceptors (Lipinski definition) is 4. The molecule has 0 unspecified atom stereocenters. The van der Waals surface area contributed by atoms with E-state index in [0.717, 1.165) is 18.4 Å². The van der Waals surface area contributed by atoms with Gasteiger partial charge in [0.05, 0.1) is 17.6 Å². The molecule has 16 heavy (non-hydrogen) atoms. The number of rotatable bonds is 8. The number of hydrogen-bond donors (Lipinski definition) is 1. The smallest absolute Gasteiger partial charge is 0.156 e. The van der Waals surface area contributed by atoms with Crippen molar-refractivity contribution in [2.45, 2.75) is 31.9 Å². The van der Waals surface area contributed by atoms with Crippen LogP contribution in [0.15, 0.2) is 11.6 Å². The molecular weight excluding hydrogens is 226 g/mol. The van der Waals surface area contributed by atoms with Crippen LogP contribution in [-0.2, 0) is 14.6 Å². The van der Waals surface area contributed by atoms with Crippen molar-refractivity contribution in [2.24, 2.45) is 5.73 Å². The first-order chi connectivity index (χ1) is 7.44. The molecule has 0 aromatic heterocycles. The molecule has 0 aliphatic heterocycles. The second-order valence-electron chi connectivity index (χ2n) is 4.07. The van der Waals surface area contributed by atoms with Crippen LogP contribution < -0.4 is 5.73 Å². The highest BCUT2D eigenvalue weighted by molar-refractivity contribution is 7.92. The minimum atomic E-state index is -3.00. The standard InChI is InChI=1S/C11H23NO3S/c1-10(2)16(13,14)8-6-11(9-15-3)5-4-7-12/h6,10H,4-5,7-9,12H2,1-3H3. The van der Waals surface area contributed by atoms with Gasteiger partial charge in [-0.25, -0.2) is 8.42 Å². The lowest BCUT2D eigenvalue weighted by atomic mass is 10.1. The van der Waals surface area contributed by atoms with E-state index in [1.807, 2.05) is 0 Å². The predicted octanol–water partition coefficient (Wildman–Crippen LogP) is 1.12. The Labute approximate surface area is 98.8 Å². The summed E-state index contributed by atoms with van der Waals surface area (Å²) in [6.07, 6.45) is 3.42. The van der Waals surface area contributed by atoms with Crippen molar-refractivity contribution < 1.29 is 13.2 Å². The van der Waals surface area contributed by atoms with Crippen LogP contribution >= 0.6 is 0 Å². The molecule has 0 amide bonds. The molecule has 4 nitrogen and oxygen atoms in total. The first-order valence-corrected chi connectivity index (χ1v) is 7.24. The normalized spacial score (nSPS) is 13.4. The quantitative estimate of drug-likeness (QED) is 0.655. The summed E-state index contributed by atoms with van der Waals surface area (Å²) in [6.45, 7) is 4.48. The molecule has 0 aromatic carbocycles. The van der Waals surface area contributed by atoms with Gasteiger partial charge in [0, 0.05) is 7.11 Å². The Morgan fingerprint density at radius 1 is 1.44 bits per heavy atom. The van der Waals surface area contributed by atoms with Crippen molar-refractivity contribution in [3.05, 3.63) is 11.6 Å². The maximum absolute atomic E-state index is 11.6. The lowest BCUT2D eigenvalue weighted by Crippen LogP contribution is -2.17. The minimum absolute atomic E-state index is 0.0912. The van der Waals surface area contributed by atoms with Crippen molar-refractivity contribution in [2.75, 3.05) is 26.0 Å². The summed E-state index contributed by atoms with van der Waals surface area (Å²) in [5.41, 5.74) is 6.43. The van der Waals surface area contributed by atoms with Gasteiger partial charge in [-0.05, 0) is 38.8 Å². The van der Waals surface area contributed by atoms with Gasteiger partial charge in [-0.1, -0.05) is 6.08 Å². The summed E-state index contributed by atoms with van der Waals surface area (Å²) >= 11 is 0. The van der Waals surface area contributed by atoms with E-state index in [0.29, 0.717) is 13.2 Å². The molecule has 0 heterocycles. The summed E-state index contributed by atoms with van der Waals surface area (Å²) in [5, 5.41) is -0.331. The highest BCUT2D eigenvalue weighted by atomic mass is 32.2. The van der Waals surface area contributed by atoms with Crippen LogP contribution in [0.1, 0.15) is 26.7 Å². The maximum Gasteiger partial charge on any atom is 0.156 e. The monoisotopic (exact) mass is 249 g/mol. The molecule has 0 aromatic rings. The topological polar surface area (TPSA) is 69.4 Å². The van der Waals surface area contributed by atoms with E-state index in [2.05, 4.69) is 0 Å². The molecule has 0 aliphatic carbocycles. The third kappa shape index (κ3) is 6.25. The molecule has 5 heteroatoms. The van der Waals surface area contributed by atoms with Gasteiger partial charge in [-0.3, -0.25) is 0 Å². The number of methoxy groups -OCH3 is 1. The van der Waals surface area contributed by atoms with Crippen LogP contribution in [0.4, 0.5) is 0 Å². The van der Waals surface area contributed by atoms with Crippen molar-refractivity contribution in [3.8, 4) is 0 Å². The lowest BCUT2D eigenvalue weighted by molar-refractivity contribution is 0.222. The first kappa shape index (κ1) is 15.6. The van der Waals surface area contributed by atoms with Crippen LogP contribution in [0.25, 0.3) is 0 Å². The SMILES string of the molecule is COCC(=CCS(=O)(=O)C(C)C)CCCN. The molecule has 2 N–H and O–H groups in total. The fourth-order valence-electron chi connectivity index (χ4n) is 1.17. The van der Waals surface area contributed by atoms with Crippen LogP contribution in [0.3, 0.4) is 0 Å². The zero-order valence-electron chi connectivity index (χ0n) is 10.4. The van der Waals surface area contributed by atoms with Crippen molar-refractivity contribution >= 4 is 9.84 Å². The second kappa shape index (κ2) is 7.81. The number of ether oxygens (including phenoxy) is 1. The Morgan fingerprint density at radius 2 is 2.06 bits per heavy atom. The molecule has 0 aliphatic rings. The highest BCUT2D eigenvalue weighted by Crippen LogP contribution is 2.08. The molecular formula is C11H23NO3S. The number of sulfone groups is 1. The van der Waals surface area contributed by atoms with E-state index in [-0.39, 0.29) is 11.0 Å². The summed E-state index contributed by atoms with van der Waals surface area (Å²) in [7, 11) is -1.40.